The summed E-state index contributed by atoms with van der Waals surface area (Å²) in [7, 11) is 3.19. The van der Waals surface area contributed by atoms with E-state index in [2.05, 4.69) is 4.98 Å². The monoisotopic (exact) mass is 437 g/mol. The first-order valence-electron chi connectivity index (χ1n) is 10.1. The van der Waals surface area contributed by atoms with Gasteiger partial charge in [0.2, 0.25) is 5.91 Å². The van der Waals surface area contributed by atoms with Crippen molar-refractivity contribution < 1.29 is 14.3 Å². The summed E-state index contributed by atoms with van der Waals surface area (Å²) in [6, 6.07) is 15.1. The van der Waals surface area contributed by atoms with Gasteiger partial charge in [0.15, 0.2) is 0 Å². The van der Waals surface area contributed by atoms with Crippen LogP contribution < -0.4 is 9.47 Å². The van der Waals surface area contributed by atoms with Gasteiger partial charge in [-0.1, -0.05) is 55.8 Å². The topological polar surface area (TPSA) is 64.0 Å². The fourth-order valence-corrected chi connectivity index (χ4v) is 4.03. The Hall–Kier alpha value is -3.12. The molecule has 0 bridgehead atoms. The molecule has 1 aliphatic rings. The Morgan fingerprint density at radius 3 is 2.52 bits per heavy atom. The number of hydrogen-bond donors (Lipinski definition) is 0. The van der Waals surface area contributed by atoms with E-state index >= 15 is 0 Å². The van der Waals surface area contributed by atoms with Crippen LogP contribution in [-0.4, -0.2) is 35.8 Å². The first-order chi connectivity index (χ1) is 14.9. The smallest absolute Gasteiger partial charge is 0.245 e. The zero-order valence-corrected chi connectivity index (χ0v) is 18.7. The molecule has 1 aliphatic heterocycles. The molecule has 0 fully saturated rings. The highest BCUT2D eigenvalue weighted by Crippen LogP contribution is 2.40. The van der Waals surface area contributed by atoms with E-state index in [0.29, 0.717) is 28.6 Å². The van der Waals surface area contributed by atoms with Gasteiger partial charge in [-0.25, -0.2) is 9.99 Å². The van der Waals surface area contributed by atoms with E-state index in [1.165, 1.54) is 0 Å². The third-order valence-electron chi connectivity index (χ3n) is 5.40. The number of rotatable bonds is 5. The predicted octanol–water partition coefficient (Wildman–Crippen LogP) is 5.24. The molecule has 160 valence electrons. The molecule has 1 unspecified atom stereocenters. The molecular formula is C24H24ClN3O3. The average Bonchev–Trinajstić information content (AvgIpc) is 3.22. The minimum atomic E-state index is -0.346. The maximum absolute atomic E-state index is 13.0. The van der Waals surface area contributed by atoms with E-state index in [4.69, 9.17) is 26.2 Å². The summed E-state index contributed by atoms with van der Waals surface area (Å²) >= 11 is 6.64. The van der Waals surface area contributed by atoms with Crippen LogP contribution in [0.4, 0.5) is 0 Å². The lowest BCUT2D eigenvalue weighted by Gasteiger charge is -2.24. The van der Waals surface area contributed by atoms with Crippen LogP contribution in [0.2, 0.25) is 5.15 Å². The molecule has 0 N–H and O–H groups in total. The number of benzene rings is 2. The molecule has 1 atom stereocenters. The van der Waals surface area contributed by atoms with Crippen LogP contribution in [0.1, 0.15) is 37.4 Å². The lowest BCUT2D eigenvalue weighted by Crippen LogP contribution is -2.30. The molecule has 0 aliphatic carbocycles. The summed E-state index contributed by atoms with van der Waals surface area (Å²) < 4.78 is 10.9. The van der Waals surface area contributed by atoms with Crippen molar-refractivity contribution in [3.63, 3.8) is 0 Å². The van der Waals surface area contributed by atoms with Gasteiger partial charge in [-0.15, -0.1) is 0 Å². The zero-order valence-electron chi connectivity index (χ0n) is 17.9. The summed E-state index contributed by atoms with van der Waals surface area (Å²) in [5.74, 6) is 0.998. The summed E-state index contributed by atoms with van der Waals surface area (Å²) in [6.07, 6.45) is 0.549. The van der Waals surface area contributed by atoms with Crippen LogP contribution in [0, 0.1) is 5.92 Å². The first kappa shape index (κ1) is 21.1. The number of fused-ring (bicyclic) bond motifs is 1. The highest BCUT2D eigenvalue weighted by Gasteiger charge is 2.36. The third kappa shape index (κ3) is 3.95. The van der Waals surface area contributed by atoms with Gasteiger partial charge in [-0.3, -0.25) is 4.79 Å². The number of ether oxygens (including phenoxy) is 2. The van der Waals surface area contributed by atoms with E-state index in [1.807, 2.05) is 56.3 Å². The number of halogens is 1. The third-order valence-corrected chi connectivity index (χ3v) is 5.70. The Bertz CT molecular complexity index is 1160. The van der Waals surface area contributed by atoms with Crippen LogP contribution in [-0.2, 0) is 4.79 Å². The molecule has 0 radical (unpaired) electrons. The number of nitrogens with zero attached hydrogens (tertiary/aromatic N) is 3. The van der Waals surface area contributed by atoms with Crippen molar-refractivity contribution in [1.29, 1.82) is 0 Å². The number of aromatic nitrogens is 1. The van der Waals surface area contributed by atoms with Gasteiger partial charge >= 0.3 is 0 Å². The van der Waals surface area contributed by atoms with Gasteiger partial charge in [0.05, 0.1) is 31.5 Å². The second kappa shape index (κ2) is 8.55. The van der Waals surface area contributed by atoms with Gasteiger partial charge in [0, 0.05) is 35.4 Å². The SMILES string of the molecule is COc1cc(OC)c2cc(C3CC(c4ccccc4)=NN3C(=O)C(C)C)c(Cl)nc2c1. The van der Waals surface area contributed by atoms with E-state index in [9.17, 15) is 4.79 Å². The van der Waals surface area contributed by atoms with Gasteiger partial charge in [-0.05, 0) is 11.6 Å². The van der Waals surface area contributed by atoms with Crippen LogP contribution >= 0.6 is 11.6 Å². The molecule has 0 saturated carbocycles. The van der Waals surface area contributed by atoms with Crippen LogP contribution in [0.3, 0.4) is 0 Å². The summed E-state index contributed by atoms with van der Waals surface area (Å²) in [5, 5.41) is 7.38. The Kier molecular flexibility index (Phi) is 5.83. The Morgan fingerprint density at radius 2 is 1.87 bits per heavy atom. The highest BCUT2D eigenvalue weighted by molar-refractivity contribution is 6.30. The van der Waals surface area contributed by atoms with Gasteiger partial charge in [-0.2, -0.15) is 5.10 Å². The Balaban J connectivity index is 1.83. The predicted molar refractivity (Wildman–Crippen MR) is 122 cm³/mol. The highest BCUT2D eigenvalue weighted by atomic mass is 35.5. The molecule has 0 spiro atoms. The van der Waals surface area contributed by atoms with Crippen molar-refractivity contribution in [2.45, 2.75) is 26.3 Å². The fraction of sp³-hybridized carbons (Fsp3) is 0.292. The second-order valence-electron chi connectivity index (χ2n) is 7.73. The van der Waals surface area contributed by atoms with Gasteiger partial charge in [0.1, 0.15) is 16.7 Å². The van der Waals surface area contributed by atoms with Crippen molar-refractivity contribution in [1.82, 2.24) is 9.99 Å². The number of carbonyl (C=O) groups excluding carboxylic acids is 1. The Labute approximate surface area is 186 Å². The van der Waals surface area contributed by atoms with Crippen LogP contribution in [0.15, 0.2) is 53.6 Å². The molecule has 2 heterocycles. The molecule has 2 aromatic carbocycles. The second-order valence-corrected chi connectivity index (χ2v) is 8.09. The molecule has 31 heavy (non-hydrogen) atoms. The molecule has 4 rings (SSSR count). The minimum absolute atomic E-state index is 0.0613. The molecule has 7 heteroatoms. The molecule has 1 amide bonds. The summed E-state index contributed by atoms with van der Waals surface area (Å²) in [6.45, 7) is 3.73. The number of methoxy groups -OCH3 is 2. The van der Waals surface area contributed by atoms with Crippen molar-refractivity contribution in [3.05, 3.63) is 64.8 Å². The molecule has 6 nitrogen and oxygen atoms in total. The fourth-order valence-electron chi connectivity index (χ4n) is 3.76. The van der Waals surface area contributed by atoms with E-state index in [1.54, 1.807) is 25.3 Å². The molecule has 0 saturated heterocycles. The van der Waals surface area contributed by atoms with Crippen molar-refractivity contribution >= 4 is 34.1 Å². The van der Waals surface area contributed by atoms with Crippen LogP contribution in [0.25, 0.3) is 10.9 Å². The number of pyridine rings is 1. The standard InChI is InChI=1S/C24H24ClN3O3/c1-14(2)24(29)28-21(13-19(27-28)15-8-6-5-7-9-15)18-12-17-20(26-23(18)25)10-16(30-3)11-22(17)31-4/h5-12,14,21H,13H2,1-4H3. The van der Waals surface area contributed by atoms with E-state index in [0.717, 1.165) is 22.2 Å². The van der Waals surface area contributed by atoms with Crippen molar-refractivity contribution in [2.75, 3.05) is 14.2 Å². The van der Waals surface area contributed by atoms with Gasteiger partial charge in [0.25, 0.3) is 0 Å². The van der Waals surface area contributed by atoms with Crippen molar-refractivity contribution in [3.8, 4) is 11.5 Å². The molecule has 3 aromatic rings. The van der Waals surface area contributed by atoms with E-state index in [-0.39, 0.29) is 17.9 Å². The largest absolute Gasteiger partial charge is 0.497 e. The molecule has 1 aromatic heterocycles. The maximum Gasteiger partial charge on any atom is 0.245 e. The number of hydrazone groups is 1. The maximum atomic E-state index is 13.0. The zero-order chi connectivity index (χ0) is 22.1. The lowest BCUT2D eigenvalue weighted by molar-refractivity contribution is -0.136. The summed E-state index contributed by atoms with van der Waals surface area (Å²) in [5.41, 5.74) is 3.23. The normalized spacial score (nSPS) is 16.0. The van der Waals surface area contributed by atoms with Gasteiger partial charge < -0.3 is 9.47 Å². The minimum Gasteiger partial charge on any atom is -0.497 e. The Morgan fingerprint density at radius 1 is 1.13 bits per heavy atom. The number of hydrogen-bond acceptors (Lipinski definition) is 5. The number of amides is 1. The van der Waals surface area contributed by atoms with Crippen LogP contribution in [0.5, 0.6) is 11.5 Å². The lowest BCUT2D eigenvalue weighted by atomic mass is 9.97. The van der Waals surface area contributed by atoms with Crippen molar-refractivity contribution in [2.24, 2.45) is 11.0 Å². The summed E-state index contributed by atoms with van der Waals surface area (Å²) in [4.78, 5) is 17.6. The first-order valence-corrected chi connectivity index (χ1v) is 10.5. The average molecular weight is 438 g/mol. The quantitative estimate of drug-likeness (QED) is 0.512. The number of carbonyl (C=O) groups is 1. The van der Waals surface area contributed by atoms with E-state index < -0.39 is 0 Å². The molecular weight excluding hydrogens is 414 g/mol.